The van der Waals surface area contributed by atoms with Gasteiger partial charge in [-0.3, -0.25) is 9.20 Å². The second-order valence-electron chi connectivity index (χ2n) is 7.01. The maximum absolute atomic E-state index is 12.1. The van der Waals surface area contributed by atoms with E-state index in [1.54, 1.807) is 7.05 Å². The molecule has 0 aliphatic carbocycles. The van der Waals surface area contributed by atoms with E-state index in [1.807, 2.05) is 20.8 Å². The minimum absolute atomic E-state index is 0. The molecule has 0 aromatic heterocycles. The Morgan fingerprint density at radius 2 is 1.88 bits per heavy atom. The van der Waals surface area contributed by atoms with Gasteiger partial charge >= 0.3 is 0 Å². The van der Waals surface area contributed by atoms with Crippen LogP contribution in [0.15, 0.2) is 29.3 Å². The average Bonchev–Trinajstić information content (AvgIpc) is 2.56. The van der Waals surface area contributed by atoms with Gasteiger partial charge in [-0.25, -0.2) is 0 Å². The fourth-order valence-corrected chi connectivity index (χ4v) is 3.29. The summed E-state index contributed by atoms with van der Waals surface area (Å²) < 4.78 is 11.9. The first kappa shape index (κ1) is 25.2. The molecule has 1 rings (SSSR count). The van der Waals surface area contributed by atoms with Gasteiger partial charge in [-0.05, 0) is 52.3 Å². The predicted octanol–water partition coefficient (Wildman–Crippen LogP) is 3.15. The molecular formula is C19H35IN4OS. The van der Waals surface area contributed by atoms with E-state index in [0.717, 1.165) is 25.6 Å². The Morgan fingerprint density at radius 1 is 1.23 bits per heavy atom. The average molecular weight is 494 g/mol. The number of nitrogens with one attached hydrogen (secondary N) is 2. The van der Waals surface area contributed by atoms with Crippen LogP contribution in [0.3, 0.4) is 0 Å². The van der Waals surface area contributed by atoms with Gasteiger partial charge in [-0.15, -0.1) is 24.0 Å². The molecule has 5 nitrogen and oxygen atoms in total. The number of hydrogen-bond acceptors (Lipinski definition) is 3. The standard InChI is InChI=1S/C19H34N4OS.HI/c1-7-23(17-10-8-9-16(2)15-17)13-11-21-18(20-6)22-12-14-25(24)19(3,4)5;/h8-10,15H,7,11-14H2,1-6H3,(H2,20,21,22);1H. The summed E-state index contributed by atoms with van der Waals surface area (Å²) in [5.74, 6) is 1.38. The van der Waals surface area contributed by atoms with E-state index in [2.05, 4.69) is 58.6 Å². The van der Waals surface area contributed by atoms with Crippen molar-refractivity contribution in [2.75, 3.05) is 43.9 Å². The normalized spacial score (nSPS) is 12.9. The fraction of sp³-hybridized carbons (Fsp3) is 0.632. The lowest BCUT2D eigenvalue weighted by Gasteiger charge is -2.24. The maximum Gasteiger partial charge on any atom is 0.191 e. The Kier molecular flexibility index (Phi) is 12.1. The van der Waals surface area contributed by atoms with Gasteiger partial charge < -0.3 is 15.5 Å². The van der Waals surface area contributed by atoms with Crippen molar-refractivity contribution in [3.8, 4) is 0 Å². The molecule has 0 radical (unpaired) electrons. The lowest BCUT2D eigenvalue weighted by atomic mass is 10.2. The van der Waals surface area contributed by atoms with Crippen LogP contribution in [-0.2, 0) is 10.8 Å². The number of guanidine groups is 1. The molecule has 0 amide bonds. The lowest BCUT2D eigenvalue weighted by Crippen LogP contribution is -2.43. The van der Waals surface area contributed by atoms with Gasteiger partial charge in [0.05, 0.1) is 0 Å². The second-order valence-corrected chi connectivity index (χ2v) is 9.33. The van der Waals surface area contributed by atoms with Crippen LogP contribution in [0.1, 0.15) is 33.3 Å². The first-order valence-corrected chi connectivity index (χ1v) is 10.2. The first-order valence-electron chi connectivity index (χ1n) is 8.92. The number of anilines is 1. The van der Waals surface area contributed by atoms with Gasteiger partial charge in [0, 0.05) is 60.2 Å². The predicted molar refractivity (Wildman–Crippen MR) is 127 cm³/mol. The van der Waals surface area contributed by atoms with Crippen molar-refractivity contribution >= 4 is 46.4 Å². The van der Waals surface area contributed by atoms with Crippen LogP contribution in [0.4, 0.5) is 5.69 Å². The largest absolute Gasteiger partial charge is 0.370 e. The van der Waals surface area contributed by atoms with Gasteiger partial charge in [0.15, 0.2) is 5.96 Å². The molecule has 0 saturated carbocycles. The van der Waals surface area contributed by atoms with Crippen LogP contribution < -0.4 is 15.5 Å². The number of rotatable bonds is 8. The van der Waals surface area contributed by atoms with Crippen molar-refractivity contribution in [1.82, 2.24) is 10.6 Å². The number of aryl methyl sites for hydroxylation is 1. The molecule has 0 fully saturated rings. The third-order valence-corrected chi connectivity index (χ3v) is 5.85. The van der Waals surface area contributed by atoms with Gasteiger partial charge in [-0.2, -0.15) is 0 Å². The van der Waals surface area contributed by atoms with Crippen molar-refractivity contribution in [3.05, 3.63) is 29.8 Å². The minimum Gasteiger partial charge on any atom is -0.370 e. The van der Waals surface area contributed by atoms with Crippen LogP contribution in [0, 0.1) is 6.92 Å². The van der Waals surface area contributed by atoms with Crippen molar-refractivity contribution in [3.63, 3.8) is 0 Å². The summed E-state index contributed by atoms with van der Waals surface area (Å²) in [4.78, 5) is 6.57. The molecule has 0 aliphatic rings. The van der Waals surface area contributed by atoms with E-state index < -0.39 is 10.8 Å². The molecule has 2 N–H and O–H groups in total. The molecule has 1 unspecified atom stereocenters. The zero-order chi connectivity index (χ0) is 18.9. The van der Waals surface area contributed by atoms with Crippen LogP contribution >= 0.6 is 24.0 Å². The molecule has 0 bridgehead atoms. The van der Waals surface area contributed by atoms with Crippen molar-refractivity contribution in [2.24, 2.45) is 4.99 Å². The Bertz CT molecular complexity index is 587. The summed E-state index contributed by atoms with van der Waals surface area (Å²) in [6, 6.07) is 8.56. The van der Waals surface area contributed by atoms with Gasteiger partial charge in [0.2, 0.25) is 0 Å². The third kappa shape index (κ3) is 9.21. The zero-order valence-corrected chi connectivity index (χ0v) is 20.1. The summed E-state index contributed by atoms with van der Waals surface area (Å²) in [5, 5.41) is 6.57. The third-order valence-electron chi connectivity index (χ3n) is 3.91. The van der Waals surface area contributed by atoms with Crippen molar-refractivity contribution in [2.45, 2.75) is 39.4 Å². The van der Waals surface area contributed by atoms with E-state index >= 15 is 0 Å². The quantitative estimate of drug-likeness (QED) is 0.331. The molecule has 0 spiro atoms. The van der Waals surface area contributed by atoms with E-state index in [4.69, 9.17) is 0 Å². The highest BCUT2D eigenvalue weighted by Gasteiger charge is 2.18. The highest BCUT2D eigenvalue weighted by atomic mass is 127. The van der Waals surface area contributed by atoms with Crippen LogP contribution in [0.2, 0.25) is 0 Å². The van der Waals surface area contributed by atoms with E-state index in [9.17, 15) is 4.21 Å². The second kappa shape index (κ2) is 12.5. The van der Waals surface area contributed by atoms with Crippen LogP contribution in [0.25, 0.3) is 0 Å². The minimum atomic E-state index is -0.851. The van der Waals surface area contributed by atoms with Gasteiger partial charge in [-0.1, -0.05) is 12.1 Å². The SMILES string of the molecule is CCN(CCNC(=NC)NCCS(=O)C(C)(C)C)c1cccc(C)c1.I. The molecular weight excluding hydrogens is 459 g/mol. The molecule has 1 aromatic rings. The molecule has 150 valence electrons. The summed E-state index contributed by atoms with van der Waals surface area (Å²) >= 11 is 0. The number of halogens is 1. The Morgan fingerprint density at radius 3 is 2.42 bits per heavy atom. The van der Waals surface area contributed by atoms with Gasteiger partial charge in [0.1, 0.15) is 0 Å². The van der Waals surface area contributed by atoms with E-state index in [-0.39, 0.29) is 28.7 Å². The first-order chi connectivity index (χ1) is 11.8. The van der Waals surface area contributed by atoms with E-state index in [1.165, 1.54) is 11.3 Å². The molecule has 0 heterocycles. The monoisotopic (exact) mass is 494 g/mol. The van der Waals surface area contributed by atoms with Crippen LogP contribution in [-0.4, -0.2) is 53.9 Å². The number of aliphatic imine (C=N–C) groups is 1. The Labute approximate surface area is 178 Å². The molecule has 1 aromatic carbocycles. The summed E-state index contributed by atoms with van der Waals surface area (Å²) in [6.45, 7) is 13.6. The van der Waals surface area contributed by atoms with Gasteiger partial charge in [0.25, 0.3) is 0 Å². The summed E-state index contributed by atoms with van der Waals surface area (Å²) in [6.07, 6.45) is 0. The molecule has 0 aliphatic heterocycles. The number of likely N-dealkylation sites (N-methyl/N-ethyl adjacent to an activating group) is 1. The summed E-state index contributed by atoms with van der Waals surface area (Å²) in [5.41, 5.74) is 2.51. The molecule has 1 atom stereocenters. The highest BCUT2D eigenvalue weighted by molar-refractivity contribution is 14.0. The fourth-order valence-electron chi connectivity index (χ4n) is 2.39. The Hall–Kier alpha value is -0.830. The topological polar surface area (TPSA) is 56.7 Å². The zero-order valence-electron chi connectivity index (χ0n) is 17.0. The van der Waals surface area contributed by atoms with Crippen molar-refractivity contribution in [1.29, 1.82) is 0 Å². The number of nitrogens with zero attached hydrogens (tertiary/aromatic N) is 2. The molecule has 26 heavy (non-hydrogen) atoms. The van der Waals surface area contributed by atoms with Crippen molar-refractivity contribution < 1.29 is 4.21 Å². The highest BCUT2D eigenvalue weighted by Crippen LogP contribution is 2.15. The maximum atomic E-state index is 12.1. The molecule has 0 saturated heterocycles. The molecule has 7 heteroatoms. The number of hydrogen-bond donors (Lipinski definition) is 2. The lowest BCUT2D eigenvalue weighted by molar-refractivity contribution is 0.647. The number of benzene rings is 1. The summed E-state index contributed by atoms with van der Waals surface area (Å²) in [7, 11) is 0.907. The van der Waals surface area contributed by atoms with E-state index in [0.29, 0.717) is 12.3 Å². The Balaban J connectivity index is 0.00000625. The smallest absolute Gasteiger partial charge is 0.191 e. The van der Waals surface area contributed by atoms with Crippen LogP contribution in [0.5, 0.6) is 0 Å².